The fraction of sp³-hybridized carbons (Fsp3) is 0.217. The maximum absolute atomic E-state index is 11.6. The number of H-pyrrole nitrogens is 1. The topological polar surface area (TPSA) is 86.8 Å². The Morgan fingerprint density at radius 1 is 1.00 bits per heavy atom. The van der Waals surface area contributed by atoms with Gasteiger partial charge in [0.05, 0.1) is 30.2 Å². The van der Waals surface area contributed by atoms with Crippen molar-refractivity contribution in [2.24, 2.45) is 0 Å². The average molecular weight is 388 g/mol. The number of nitrogens with zero attached hydrogens (tertiary/aromatic N) is 2. The van der Waals surface area contributed by atoms with E-state index in [1.54, 1.807) is 6.07 Å². The zero-order chi connectivity index (χ0) is 20.4. The molecule has 148 valence electrons. The molecule has 4 rings (SSSR count). The quantitative estimate of drug-likeness (QED) is 0.474. The van der Waals surface area contributed by atoms with E-state index < -0.39 is 0 Å². The Bertz CT molecular complexity index is 1250. The van der Waals surface area contributed by atoms with Crippen LogP contribution in [-0.2, 0) is 13.0 Å². The summed E-state index contributed by atoms with van der Waals surface area (Å²) in [5.41, 5.74) is 5.04. The van der Waals surface area contributed by atoms with Crippen molar-refractivity contribution in [3.05, 3.63) is 99.5 Å². The van der Waals surface area contributed by atoms with Crippen LogP contribution in [0.2, 0.25) is 0 Å². The van der Waals surface area contributed by atoms with Gasteiger partial charge in [-0.2, -0.15) is 0 Å². The molecular weight excluding hydrogens is 364 g/mol. The van der Waals surface area contributed by atoms with E-state index in [4.69, 9.17) is 5.41 Å². The molecular formula is C23H24N4O2. The lowest BCUT2D eigenvalue weighted by Gasteiger charge is -2.17. The first-order chi connectivity index (χ1) is 14.1. The molecule has 6 heteroatoms. The van der Waals surface area contributed by atoms with E-state index in [0.29, 0.717) is 18.6 Å². The Morgan fingerprint density at radius 3 is 2.41 bits per heavy atom. The average Bonchev–Trinajstić information content (AvgIpc) is 3.00. The van der Waals surface area contributed by atoms with E-state index in [9.17, 15) is 9.90 Å². The summed E-state index contributed by atoms with van der Waals surface area (Å²) in [7, 11) is 0. The van der Waals surface area contributed by atoms with E-state index >= 15 is 0 Å². The van der Waals surface area contributed by atoms with Gasteiger partial charge < -0.3 is 19.2 Å². The minimum absolute atomic E-state index is 0.133. The highest BCUT2D eigenvalue weighted by Crippen LogP contribution is 2.20. The first kappa shape index (κ1) is 19.0. The lowest BCUT2D eigenvalue weighted by molar-refractivity contribution is 0.224. The summed E-state index contributed by atoms with van der Waals surface area (Å²) in [6.45, 7) is 2.50. The number of fused-ring (bicyclic) bond motifs is 1. The van der Waals surface area contributed by atoms with Crippen LogP contribution in [0.1, 0.15) is 22.9 Å². The van der Waals surface area contributed by atoms with Crippen molar-refractivity contribution in [2.75, 3.05) is 6.61 Å². The second-order valence-electron chi connectivity index (χ2n) is 7.33. The van der Waals surface area contributed by atoms with Gasteiger partial charge in [0.1, 0.15) is 0 Å². The van der Waals surface area contributed by atoms with Crippen LogP contribution in [-0.4, -0.2) is 25.8 Å². The van der Waals surface area contributed by atoms with Crippen LogP contribution < -0.4 is 11.2 Å². The molecule has 2 aromatic heterocycles. The highest BCUT2D eigenvalue weighted by atomic mass is 16.3. The third kappa shape index (κ3) is 3.79. The molecule has 1 atom stereocenters. The van der Waals surface area contributed by atoms with Gasteiger partial charge in [-0.3, -0.25) is 10.2 Å². The summed E-state index contributed by atoms with van der Waals surface area (Å²) in [6.07, 6.45) is 0.432. The molecule has 0 bridgehead atoms. The standard InChI is InChI=1S/C23H24N4O2/c1-16-9-11-17(12-10-16)14-26-20-6-2-3-7-21(20)27(23(26)24)19(15-28)13-18-5-4-8-22(29)25-18/h2-12,19,24,28H,13-15H2,1H3,(H,25,29). The summed E-state index contributed by atoms with van der Waals surface area (Å²) in [5, 5.41) is 19.0. The fourth-order valence-corrected chi connectivity index (χ4v) is 3.76. The van der Waals surface area contributed by atoms with Gasteiger partial charge in [0.15, 0.2) is 0 Å². The molecule has 0 saturated heterocycles. The van der Waals surface area contributed by atoms with Crippen LogP contribution in [0.15, 0.2) is 71.5 Å². The van der Waals surface area contributed by atoms with Crippen molar-refractivity contribution < 1.29 is 5.11 Å². The third-order valence-electron chi connectivity index (χ3n) is 5.24. The SMILES string of the molecule is Cc1ccc(Cn2c(=N)n(C(CO)Cc3cccc(=O)[nH]3)c3ccccc32)cc1. The number of nitrogens with one attached hydrogen (secondary N) is 2. The van der Waals surface area contributed by atoms with Gasteiger partial charge in [-0.05, 0) is 30.7 Å². The lowest BCUT2D eigenvalue weighted by atomic mass is 10.1. The van der Waals surface area contributed by atoms with E-state index in [1.165, 1.54) is 11.6 Å². The molecule has 2 heterocycles. The highest BCUT2D eigenvalue weighted by Gasteiger charge is 2.19. The Labute approximate surface area is 168 Å². The van der Waals surface area contributed by atoms with Crippen molar-refractivity contribution in [1.29, 1.82) is 5.41 Å². The van der Waals surface area contributed by atoms with Gasteiger partial charge in [-0.15, -0.1) is 0 Å². The van der Waals surface area contributed by atoms with Crippen molar-refractivity contribution >= 4 is 11.0 Å². The molecule has 29 heavy (non-hydrogen) atoms. The minimum Gasteiger partial charge on any atom is -0.394 e. The molecule has 0 saturated carbocycles. The van der Waals surface area contributed by atoms with Crippen LogP contribution in [0.3, 0.4) is 0 Å². The van der Waals surface area contributed by atoms with Gasteiger partial charge >= 0.3 is 0 Å². The Morgan fingerprint density at radius 2 is 1.72 bits per heavy atom. The predicted octanol–water partition coefficient (Wildman–Crippen LogP) is 2.74. The van der Waals surface area contributed by atoms with Crippen LogP contribution in [0.5, 0.6) is 0 Å². The molecule has 0 amide bonds. The molecule has 0 fully saturated rings. The monoisotopic (exact) mass is 388 g/mol. The summed E-state index contributed by atoms with van der Waals surface area (Å²) >= 11 is 0. The van der Waals surface area contributed by atoms with E-state index in [0.717, 1.165) is 22.3 Å². The van der Waals surface area contributed by atoms with Crippen LogP contribution in [0.25, 0.3) is 11.0 Å². The Kier molecular flexibility index (Phi) is 5.18. The maximum atomic E-state index is 11.6. The highest BCUT2D eigenvalue weighted by molar-refractivity contribution is 5.76. The predicted molar refractivity (Wildman–Crippen MR) is 113 cm³/mol. The summed E-state index contributed by atoms with van der Waals surface area (Å²) in [5.74, 6) is 0. The molecule has 1 unspecified atom stereocenters. The van der Waals surface area contributed by atoms with E-state index in [1.807, 2.05) is 39.5 Å². The largest absolute Gasteiger partial charge is 0.394 e. The second-order valence-corrected chi connectivity index (χ2v) is 7.33. The molecule has 3 N–H and O–H groups in total. The Balaban J connectivity index is 1.79. The fourth-order valence-electron chi connectivity index (χ4n) is 3.76. The number of aryl methyl sites for hydroxylation is 1. The zero-order valence-electron chi connectivity index (χ0n) is 16.3. The first-order valence-corrected chi connectivity index (χ1v) is 9.66. The number of aromatic amines is 1. The first-order valence-electron chi connectivity index (χ1n) is 9.66. The number of pyridine rings is 1. The van der Waals surface area contributed by atoms with Crippen molar-refractivity contribution in [2.45, 2.75) is 25.9 Å². The summed E-state index contributed by atoms with van der Waals surface area (Å²) < 4.78 is 3.81. The third-order valence-corrected chi connectivity index (χ3v) is 5.24. The number of aliphatic hydroxyl groups excluding tert-OH is 1. The van der Waals surface area contributed by atoms with Gasteiger partial charge in [-0.25, -0.2) is 0 Å². The Hall–Kier alpha value is -3.38. The smallest absolute Gasteiger partial charge is 0.248 e. The van der Waals surface area contributed by atoms with Crippen molar-refractivity contribution in [1.82, 2.24) is 14.1 Å². The molecule has 2 aromatic carbocycles. The van der Waals surface area contributed by atoms with E-state index in [2.05, 4.69) is 36.2 Å². The van der Waals surface area contributed by atoms with Crippen molar-refractivity contribution in [3.63, 3.8) is 0 Å². The van der Waals surface area contributed by atoms with E-state index in [-0.39, 0.29) is 18.2 Å². The molecule has 0 aliphatic rings. The zero-order valence-corrected chi connectivity index (χ0v) is 16.3. The van der Waals surface area contributed by atoms with Gasteiger partial charge in [0.25, 0.3) is 0 Å². The summed E-state index contributed by atoms with van der Waals surface area (Å²) in [6, 6.07) is 20.8. The minimum atomic E-state index is -0.357. The van der Waals surface area contributed by atoms with Crippen molar-refractivity contribution in [3.8, 4) is 0 Å². The second kappa shape index (κ2) is 7.93. The maximum Gasteiger partial charge on any atom is 0.248 e. The number of aromatic nitrogens is 3. The van der Waals surface area contributed by atoms with Gasteiger partial charge in [0.2, 0.25) is 11.2 Å². The molecule has 0 aliphatic heterocycles. The van der Waals surface area contributed by atoms with Gasteiger partial charge in [-0.1, -0.05) is 48.0 Å². The van der Waals surface area contributed by atoms with Gasteiger partial charge in [0, 0.05) is 18.2 Å². The molecule has 6 nitrogen and oxygen atoms in total. The van der Waals surface area contributed by atoms with Crippen LogP contribution >= 0.6 is 0 Å². The molecule has 4 aromatic rings. The molecule has 0 radical (unpaired) electrons. The lowest BCUT2D eigenvalue weighted by Crippen LogP contribution is -2.31. The number of aliphatic hydroxyl groups is 1. The molecule has 0 aliphatic carbocycles. The number of para-hydroxylation sites is 2. The molecule has 0 spiro atoms. The number of benzene rings is 2. The number of rotatable bonds is 6. The number of hydrogen-bond acceptors (Lipinski definition) is 3. The van der Waals surface area contributed by atoms with Crippen LogP contribution in [0.4, 0.5) is 0 Å². The van der Waals surface area contributed by atoms with Crippen LogP contribution in [0, 0.1) is 12.3 Å². The summed E-state index contributed by atoms with van der Waals surface area (Å²) in [4.78, 5) is 14.5. The number of imidazole rings is 1. The normalized spacial score (nSPS) is 12.3. The number of hydrogen-bond donors (Lipinski definition) is 3.